The number of nitrogens with zero attached hydrogens (tertiary/aromatic N) is 3. The molecule has 0 amide bonds. The predicted octanol–water partition coefficient (Wildman–Crippen LogP) is 2.90. The van der Waals surface area contributed by atoms with Crippen LogP contribution in [0.5, 0.6) is 0 Å². The number of aryl methyl sites for hydroxylation is 1. The Morgan fingerprint density at radius 3 is 2.52 bits per heavy atom. The summed E-state index contributed by atoms with van der Waals surface area (Å²) in [5.74, 6) is 0. The molecule has 1 aliphatic rings. The maximum absolute atomic E-state index is 5.57. The number of benzene rings is 1. The lowest BCUT2D eigenvalue weighted by Gasteiger charge is -2.36. The fourth-order valence-electron chi connectivity index (χ4n) is 2.74. The predicted molar refractivity (Wildman–Crippen MR) is 98.5 cm³/mol. The molecule has 1 fully saturated rings. The van der Waals surface area contributed by atoms with Crippen LogP contribution in [0.3, 0.4) is 0 Å². The van der Waals surface area contributed by atoms with Gasteiger partial charge in [-0.15, -0.1) is 0 Å². The minimum absolute atomic E-state index is 0.816. The van der Waals surface area contributed by atoms with Crippen molar-refractivity contribution in [2.45, 2.75) is 13.5 Å². The summed E-state index contributed by atoms with van der Waals surface area (Å²) in [6.07, 6.45) is 1.85. The largest absolute Gasteiger partial charge is 0.346 e. The van der Waals surface area contributed by atoms with Gasteiger partial charge in [-0.25, -0.2) is 0 Å². The first-order chi connectivity index (χ1) is 11.2. The highest BCUT2D eigenvalue weighted by molar-refractivity contribution is 7.80. The van der Waals surface area contributed by atoms with Crippen molar-refractivity contribution < 1.29 is 0 Å². The van der Waals surface area contributed by atoms with Crippen molar-refractivity contribution in [1.29, 1.82) is 0 Å². The van der Waals surface area contributed by atoms with E-state index >= 15 is 0 Å². The van der Waals surface area contributed by atoms with Gasteiger partial charge in [0.1, 0.15) is 0 Å². The minimum Gasteiger partial charge on any atom is -0.346 e. The van der Waals surface area contributed by atoms with Crippen molar-refractivity contribution in [1.82, 2.24) is 14.8 Å². The third-order valence-corrected chi connectivity index (χ3v) is 4.52. The van der Waals surface area contributed by atoms with Crippen molar-refractivity contribution in [3.05, 3.63) is 59.9 Å². The van der Waals surface area contributed by atoms with Crippen LogP contribution < -0.4 is 5.32 Å². The Hall–Kier alpha value is -1.98. The minimum atomic E-state index is 0.816. The lowest BCUT2D eigenvalue weighted by atomic mass is 10.2. The van der Waals surface area contributed by atoms with Gasteiger partial charge < -0.3 is 10.2 Å². The highest BCUT2D eigenvalue weighted by Crippen LogP contribution is 2.15. The van der Waals surface area contributed by atoms with E-state index in [-0.39, 0.29) is 0 Å². The molecule has 2 aromatic rings. The second-order valence-corrected chi connectivity index (χ2v) is 6.22. The molecule has 1 saturated heterocycles. The van der Waals surface area contributed by atoms with Crippen LogP contribution in [-0.4, -0.2) is 46.1 Å². The van der Waals surface area contributed by atoms with E-state index in [4.69, 9.17) is 12.2 Å². The fourth-order valence-corrected chi connectivity index (χ4v) is 3.03. The molecule has 5 heteroatoms. The molecule has 0 aliphatic carbocycles. The number of pyridine rings is 1. The van der Waals surface area contributed by atoms with Crippen LogP contribution in [0.2, 0.25) is 0 Å². The van der Waals surface area contributed by atoms with Crippen molar-refractivity contribution in [2.75, 3.05) is 31.5 Å². The summed E-state index contributed by atoms with van der Waals surface area (Å²) in [5.41, 5.74) is 3.43. The number of rotatable bonds is 3. The molecule has 1 aromatic heterocycles. The SMILES string of the molecule is Cc1ccccc1NC(=S)N1CCN(Cc2ccccn2)CC1. The van der Waals surface area contributed by atoms with E-state index in [1.54, 1.807) is 0 Å². The van der Waals surface area contributed by atoms with E-state index < -0.39 is 0 Å². The van der Waals surface area contributed by atoms with Gasteiger partial charge in [0, 0.05) is 44.6 Å². The van der Waals surface area contributed by atoms with Gasteiger partial charge in [-0.3, -0.25) is 9.88 Å². The zero-order chi connectivity index (χ0) is 16.1. The highest BCUT2D eigenvalue weighted by Gasteiger charge is 2.19. The summed E-state index contributed by atoms with van der Waals surface area (Å²) in [6, 6.07) is 14.3. The van der Waals surface area contributed by atoms with E-state index in [2.05, 4.69) is 45.2 Å². The quantitative estimate of drug-likeness (QED) is 0.877. The summed E-state index contributed by atoms with van der Waals surface area (Å²) >= 11 is 5.57. The van der Waals surface area contributed by atoms with Gasteiger partial charge in [0.25, 0.3) is 0 Å². The summed E-state index contributed by atoms with van der Waals surface area (Å²) in [4.78, 5) is 9.07. The highest BCUT2D eigenvalue weighted by atomic mass is 32.1. The molecular weight excluding hydrogens is 304 g/mol. The zero-order valence-electron chi connectivity index (χ0n) is 13.4. The van der Waals surface area contributed by atoms with Crippen LogP contribution in [0.15, 0.2) is 48.7 Å². The summed E-state index contributed by atoms with van der Waals surface area (Å²) in [5, 5.41) is 4.19. The number of aromatic nitrogens is 1. The Balaban J connectivity index is 1.50. The molecule has 0 atom stereocenters. The molecule has 0 spiro atoms. The number of hydrogen-bond donors (Lipinski definition) is 1. The van der Waals surface area contributed by atoms with Crippen LogP contribution in [0, 0.1) is 6.92 Å². The lowest BCUT2D eigenvalue weighted by molar-refractivity contribution is 0.175. The van der Waals surface area contributed by atoms with E-state index in [1.165, 1.54) is 5.56 Å². The van der Waals surface area contributed by atoms with Gasteiger partial charge in [0.05, 0.1) is 5.69 Å². The normalized spacial score (nSPS) is 15.4. The molecular formula is C18H22N4S. The number of para-hydroxylation sites is 1. The van der Waals surface area contributed by atoms with Gasteiger partial charge in [-0.2, -0.15) is 0 Å². The molecule has 2 heterocycles. The Morgan fingerprint density at radius 2 is 1.83 bits per heavy atom. The van der Waals surface area contributed by atoms with E-state index in [1.807, 2.05) is 30.5 Å². The molecule has 0 saturated carbocycles. The van der Waals surface area contributed by atoms with Gasteiger partial charge in [-0.1, -0.05) is 24.3 Å². The first kappa shape index (κ1) is 15.9. The maximum atomic E-state index is 5.57. The van der Waals surface area contributed by atoms with Crippen molar-refractivity contribution >= 4 is 23.0 Å². The number of nitrogens with one attached hydrogen (secondary N) is 1. The van der Waals surface area contributed by atoms with E-state index in [9.17, 15) is 0 Å². The lowest BCUT2D eigenvalue weighted by Crippen LogP contribution is -2.49. The van der Waals surface area contributed by atoms with Crippen molar-refractivity contribution in [3.63, 3.8) is 0 Å². The van der Waals surface area contributed by atoms with Crippen LogP contribution in [0.1, 0.15) is 11.3 Å². The summed E-state index contributed by atoms with van der Waals surface area (Å²) in [7, 11) is 0. The topological polar surface area (TPSA) is 31.4 Å². The van der Waals surface area contributed by atoms with E-state index in [0.29, 0.717) is 0 Å². The smallest absolute Gasteiger partial charge is 0.173 e. The van der Waals surface area contributed by atoms with Gasteiger partial charge in [0.15, 0.2) is 5.11 Å². The molecule has 4 nitrogen and oxygen atoms in total. The summed E-state index contributed by atoms with van der Waals surface area (Å²) < 4.78 is 0. The van der Waals surface area contributed by atoms with Crippen LogP contribution >= 0.6 is 12.2 Å². The third kappa shape index (κ3) is 4.27. The van der Waals surface area contributed by atoms with Gasteiger partial charge in [0.2, 0.25) is 0 Å². The number of hydrogen-bond acceptors (Lipinski definition) is 3. The fraction of sp³-hybridized carbons (Fsp3) is 0.333. The van der Waals surface area contributed by atoms with Crippen molar-refractivity contribution in [2.24, 2.45) is 0 Å². The Morgan fingerprint density at radius 1 is 1.09 bits per heavy atom. The number of thiocarbonyl (C=S) groups is 1. The molecule has 1 aliphatic heterocycles. The zero-order valence-corrected chi connectivity index (χ0v) is 14.2. The Bertz CT molecular complexity index is 651. The summed E-state index contributed by atoms with van der Waals surface area (Å²) in [6.45, 7) is 6.91. The van der Waals surface area contributed by atoms with Gasteiger partial charge >= 0.3 is 0 Å². The van der Waals surface area contributed by atoms with Crippen molar-refractivity contribution in [3.8, 4) is 0 Å². The Labute approximate surface area is 143 Å². The molecule has 0 radical (unpaired) electrons. The molecule has 3 rings (SSSR count). The van der Waals surface area contributed by atoms with Gasteiger partial charge in [-0.05, 0) is 42.9 Å². The second-order valence-electron chi connectivity index (χ2n) is 5.83. The first-order valence-corrected chi connectivity index (χ1v) is 8.37. The molecule has 1 aromatic carbocycles. The molecule has 120 valence electrons. The molecule has 0 unspecified atom stereocenters. The Kier molecular flexibility index (Phi) is 5.20. The maximum Gasteiger partial charge on any atom is 0.173 e. The first-order valence-electron chi connectivity index (χ1n) is 7.96. The third-order valence-electron chi connectivity index (χ3n) is 4.16. The average molecular weight is 326 g/mol. The molecule has 23 heavy (non-hydrogen) atoms. The average Bonchev–Trinajstić information content (AvgIpc) is 2.58. The number of anilines is 1. The second kappa shape index (κ2) is 7.53. The standard InChI is InChI=1S/C18H22N4S/c1-15-6-2-3-8-17(15)20-18(23)22-12-10-21(11-13-22)14-16-7-4-5-9-19-16/h2-9H,10-14H2,1H3,(H,20,23). The monoisotopic (exact) mass is 326 g/mol. The van der Waals surface area contributed by atoms with E-state index in [0.717, 1.165) is 49.2 Å². The van der Waals surface area contributed by atoms with Crippen LogP contribution in [0.25, 0.3) is 0 Å². The molecule has 0 bridgehead atoms. The number of piperazine rings is 1. The van der Waals surface area contributed by atoms with Crippen LogP contribution in [-0.2, 0) is 6.54 Å². The molecule has 1 N–H and O–H groups in total. The van der Waals surface area contributed by atoms with Crippen LogP contribution in [0.4, 0.5) is 5.69 Å².